The molecular formula is C17H17NO4. The van der Waals surface area contributed by atoms with Crippen molar-refractivity contribution in [1.29, 1.82) is 0 Å². The third-order valence-electron chi connectivity index (χ3n) is 3.94. The molecule has 5 nitrogen and oxygen atoms in total. The van der Waals surface area contributed by atoms with Gasteiger partial charge in [0.15, 0.2) is 0 Å². The van der Waals surface area contributed by atoms with Crippen molar-refractivity contribution in [2.45, 2.75) is 32.2 Å². The third-order valence-corrected chi connectivity index (χ3v) is 3.94. The standard InChI is InChI=1S/C17H17NO4/c1-10-7-11(9-12(8-10)17(20)21)16(19)18-14-3-2-4-15-13(14)5-6-22-15/h5-9,14H,2-4H2,1H3,(H,18,19)(H,20,21). The van der Waals surface area contributed by atoms with Crippen molar-refractivity contribution in [3.63, 3.8) is 0 Å². The Balaban J connectivity index is 1.83. The van der Waals surface area contributed by atoms with E-state index in [1.165, 1.54) is 6.07 Å². The van der Waals surface area contributed by atoms with E-state index in [0.717, 1.165) is 36.1 Å². The van der Waals surface area contributed by atoms with Crippen LogP contribution in [0.3, 0.4) is 0 Å². The number of furan rings is 1. The minimum Gasteiger partial charge on any atom is -0.478 e. The van der Waals surface area contributed by atoms with Gasteiger partial charge in [-0.15, -0.1) is 0 Å². The summed E-state index contributed by atoms with van der Waals surface area (Å²) in [6.07, 6.45) is 4.35. The van der Waals surface area contributed by atoms with Crippen LogP contribution in [0.5, 0.6) is 0 Å². The molecule has 22 heavy (non-hydrogen) atoms. The van der Waals surface area contributed by atoms with Crippen LogP contribution in [0.1, 0.15) is 56.5 Å². The first-order valence-electron chi connectivity index (χ1n) is 7.26. The molecule has 2 aromatic rings. The predicted molar refractivity (Wildman–Crippen MR) is 80.0 cm³/mol. The lowest BCUT2D eigenvalue weighted by Gasteiger charge is -2.22. The van der Waals surface area contributed by atoms with E-state index in [2.05, 4.69) is 5.32 Å². The summed E-state index contributed by atoms with van der Waals surface area (Å²) in [5.74, 6) is -0.371. The summed E-state index contributed by atoms with van der Waals surface area (Å²) >= 11 is 0. The monoisotopic (exact) mass is 299 g/mol. The lowest BCUT2D eigenvalue weighted by Crippen LogP contribution is -2.30. The number of carboxylic acids is 1. The largest absolute Gasteiger partial charge is 0.478 e. The molecular weight excluding hydrogens is 282 g/mol. The molecule has 0 radical (unpaired) electrons. The average molecular weight is 299 g/mol. The van der Waals surface area contributed by atoms with Crippen LogP contribution in [0.15, 0.2) is 34.9 Å². The molecule has 1 amide bonds. The van der Waals surface area contributed by atoms with E-state index in [4.69, 9.17) is 9.52 Å². The normalized spacial score (nSPS) is 16.9. The number of fused-ring (bicyclic) bond motifs is 1. The molecule has 1 aliphatic rings. The molecule has 1 heterocycles. The van der Waals surface area contributed by atoms with E-state index in [1.54, 1.807) is 25.3 Å². The lowest BCUT2D eigenvalue weighted by molar-refractivity contribution is 0.0696. The molecule has 0 saturated heterocycles. The van der Waals surface area contributed by atoms with Crippen molar-refractivity contribution in [2.75, 3.05) is 0 Å². The van der Waals surface area contributed by atoms with Gasteiger partial charge in [-0.2, -0.15) is 0 Å². The fourth-order valence-electron chi connectivity index (χ4n) is 2.92. The molecule has 0 saturated carbocycles. The van der Waals surface area contributed by atoms with Crippen molar-refractivity contribution in [3.05, 3.63) is 58.5 Å². The van der Waals surface area contributed by atoms with Crippen LogP contribution < -0.4 is 5.32 Å². The van der Waals surface area contributed by atoms with E-state index in [9.17, 15) is 9.59 Å². The maximum atomic E-state index is 12.4. The van der Waals surface area contributed by atoms with Crippen LogP contribution in [0.2, 0.25) is 0 Å². The van der Waals surface area contributed by atoms with Gasteiger partial charge in [-0.1, -0.05) is 0 Å². The van der Waals surface area contributed by atoms with Crippen LogP contribution in [0, 0.1) is 6.92 Å². The second kappa shape index (κ2) is 5.67. The zero-order chi connectivity index (χ0) is 15.7. The van der Waals surface area contributed by atoms with Crippen molar-refractivity contribution in [2.24, 2.45) is 0 Å². The number of hydrogen-bond acceptors (Lipinski definition) is 3. The zero-order valence-electron chi connectivity index (χ0n) is 12.3. The van der Waals surface area contributed by atoms with Crippen LogP contribution >= 0.6 is 0 Å². The van der Waals surface area contributed by atoms with Gasteiger partial charge in [0.2, 0.25) is 0 Å². The maximum absolute atomic E-state index is 12.4. The molecule has 0 aliphatic heterocycles. The Hall–Kier alpha value is -2.56. The first kappa shape index (κ1) is 14.4. The summed E-state index contributed by atoms with van der Waals surface area (Å²) < 4.78 is 5.41. The van der Waals surface area contributed by atoms with Gasteiger partial charge in [0, 0.05) is 17.5 Å². The molecule has 1 aromatic carbocycles. The number of aromatic carboxylic acids is 1. The van der Waals surface area contributed by atoms with Crippen LogP contribution in [0.4, 0.5) is 0 Å². The molecule has 2 N–H and O–H groups in total. The quantitative estimate of drug-likeness (QED) is 0.912. The summed E-state index contributed by atoms with van der Waals surface area (Å²) in [4.78, 5) is 23.5. The first-order chi connectivity index (χ1) is 10.5. The highest BCUT2D eigenvalue weighted by molar-refractivity contribution is 5.98. The number of carboxylic acid groups (broad SMARTS) is 1. The minimum atomic E-state index is -1.03. The van der Waals surface area contributed by atoms with E-state index in [0.29, 0.717) is 5.56 Å². The molecule has 114 valence electrons. The number of carbonyl (C=O) groups is 2. The summed E-state index contributed by atoms with van der Waals surface area (Å²) in [6.45, 7) is 1.78. The Morgan fingerprint density at radius 2 is 2.05 bits per heavy atom. The Morgan fingerprint density at radius 3 is 2.82 bits per heavy atom. The van der Waals surface area contributed by atoms with Crippen molar-refractivity contribution < 1.29 is 19.1 Å². The van der Waals surface area contributed by atoms with Gasteiger partial charge in [-0.3, -0.25) is 4.79 Å². The fourth-order valence-corrected chi connectivity index (χ4v) is 2.92. The summed E-state index contributed by atoms with van der Waals surface area (Å²) in [5, 5.41) is 12.1. The number of amides is 1. The van der Waals surface area contributed by atoms with E-state index in [-0.39, 0.29) is 17.5 Å². The lowest BCUT2D eigenvalue weighted by atomic mass is 9.93. The Labute approximate surface area is 127 Å². The van der Waals surface area contributed by atoms with Gasteiger partial charge in [0.25, 0.3) is 5.91 Å². The van der Waals surface area contributed by atoms with Crippen molar-refractivity contribution in [1.82, 2.24) is 5.32 Å². The molecule has 1 aliphatic carbocycles. The van der Waals surface area contributed by atoms with Crippen molar-refractivity contribution in [3.8, 4) is 0 Å². The summed E-state index contributed by atoms with van der Waals surface area (Å²) in [6, 6.07) is 6.46. The number of rotatable bonds is 3. The number of benzene rings is 1. The fraction of sp³-hybridized carbons (Fsp3) is 0.294. The molecule has 1 unspecified atom stereocenters. The zero-order valence-corrected chi connectivity index (χ0v) is 12.3. The van der Waals surface area contributed by atoms with E-state index in [1.807, 2.05) is 6.07 Å². The smallest absolute Gasteiger partial charge is 0.335 e. The Bertz CT molecular complexity index is 732. The maximum Gasteiger partial charge on any atom is 0.335 e. The Kier molecular flexibility index (Phi) is 3.71. The van der Waals surface area contributed by atoms with Gasteiger partial charge in [-0.05, 0) is 49.6 Å². The highest BCUT2D eigenvalue weighted by Gasteiger charge is 2.24. The van der Waals surface area contributed by atoms with Gasteiger partial charge in [0.05, 0.1) is 17.9 Å². The van der Waals surface area contributed by atoms with Crippen LogP contribution in [-0.2, 0) is 6.42 Å². The number of nitrogens with one attached hydrogen (secondary N) is 1. The number of aryl methyl sites for hydroxylation is 2. The van der Waals surface area contributed by atoms with Gasteiger partial charge in [0.1, 0.15) is 5.76 Å². The van der Waals surface area contributed by atoms with Crippen LogP contribution in [-0.4, -0.2) is 17.0 Å². The van der Waals surface area contributed by atoms with Gasteiger partial charge in [-0.25, -0.2) is 4.79 Å². The number of carbonyl (C=O) groups excluding carboxylic acids is 1. The summed E-state index contributed by atoms with van der Waals surface area (Å²) in [5.41, 5.74) is 2.26. The van der Waals surface area contributed by atoms with E-state index < -0.39 is 5.97 Å². The van der Waals surface area contributed by atoms with Crippen molar-refractivity contribution >= 4 is 11.9 Å². The predicted octanol–water partition coefficient (Wildman–Crippen LogP) is 3.09. The SMILES string of the molecule is Cc1cc(C(=O)O)cc(C(=O)NC2CCCc3occc32)c1. The molecule has 1 atom stereocenters. The average Bonchev–Trinajstić information content (AvgIpc) is 2.96. The van der Waals surface area contributed by atoms with E-state index >= 15 is 0 Å². The van der Waals surface area contributed by atoms with Gasteiger partial charge < -0.3 is 14.8 Å². The van der Waals surface area contributed by atoms with Gasteiger partial charge >= 0.3 is 5.97 Å². The Morgan fingerprint density at radius 1 is 1.27 bits per heavy atom. The highest BCUT2D eigenvalue weighted by atomic mass is 16.4. The number of hydrogen-bond donors (Lipinski definition) is 2. The van der Waals surface area contributed by atoms with Crippen LogP contribution in [0.25, 0.3) is 0 Å². The summed E-state index contributed by atoms with van der Waals surface area (Å²) in [7, 11) is 0. The molecule has 0 spiro atoms. The highest BCUT2D eigenvalue weighted by Crippen LogP contribution is 2.30. The second-order valence-corrected chi connectivity index (χ2v) is 5.61. The second-order valence-electron chi connectivity index (χ2n) is 5.61. The minimum absolute atomic E-state index is 0.0798. The molecule has 0 fully saturated rings. The topological polar surface area (TPSA) is 79.5 Å². The molecule has 5 heteroatoms. The molecule has 3 rings (SSSR count). The third kappa shape index (κ3) is 2.74. The first-order valence-corrected chi connectivity index (χ1v) is 7.26. The molecule has 1 aromatic heterocycles. The molecule has 0 bridgehead atoms.